The van der Waals surface area contributed by atoms with Crippen LogP contribution in [0.1, 0.15) is 24.8 Å². The van der Waals surface area contributed by atoms with Crippen molar-refractivity contribution in [1.29, 1.82) is 0 Å². The Kier molecular flexibility index (Phi) is 3.70. The van der Waals surface area contributed by atoms with Crippen LogP contribution in [-0.2, 0) is 16.6 Å². The highest BCUT2D eigenvalue weighted by molar-refractivity contribution is 7.89. The molecule has 0 atom stereocenters. The number of halogens is 1. The lowest BCUT2D eigenvalue weighted by molar-refractivity contribution is 0.249. The van der Waals surface area contributed by atoms with Gasteiger partial charge >= 0.3 is 0 Å². The molecule has 0 aromatic heterocycles. The lowest BCUT2D eigenvalue weighted by Gasteiger charge is -2.33. The first kappa shape index (κ1) is 13.5. The lowest BCUT2D eigenvalue weighted by Crippen LogP contribution is -2.41. The Morgan fingerprint density at radius 1 is 1.44 bits per heavy atom. The summed E-state index contributed by atoms with van der Waals surface area (Å²) in [5, 5.41) is 8.97. The maximum atomic E-state index is 13.2. The third-order valence-electron chi connectivity index (χ3n) is 3.45. The Labute approximate surface area is 106 Å². The average Bonchev–Trinajstić information content (AvgIpc) is 2.27. The molecule has 100 valence electrons. The van der Waals surface area contributed by atoms with Gasteiger partial charge in [-0.3, -0.25) is 0 Å². The topological polar surface area (TPSA) is 57.6 Å². The Hall–Kier alpha value is -0.980. The number of rotatable bonds is 4. The van der Waals surface area contributed by atoms with Gasteiger partial charge in [-0.1, -0.05) is 6.42 Å². The molecule has 2 rings (SSSR count). The highest BCUT2D eigenvalue weighted by atomic mass is 32.2. The van der Waals surface area contributed by atoms with Gasteiger partial charge in [0.1, 0.15) is 5.82 Å². The average molecular weight is 273 g/mol. The summed E-state index contributed by atoms with van der Waals surface area (Å²) in [6.07, 6.45) is 2.77. The summed E-state index contributed by atoms with van der Waals surface area (Å²) in [5.41, 5.74) is -0.00177. The molecule has 0 aliphatic heterocycles. The first-order valence-corrected chi connectivity index (χ1v) is 7.28. The second-order valence-corrected chi connectivity index (χ2v) is 6.51. The Morgan fingerprint density at radius 3 is 2.61 bits per heavy atom. The quantitative estimate of drug-likeness (QED) is 0.904. The van der Waals surface area contributed by atoms with E-state index in [1.165, 1.54) is 16.4 Å². The zero-order chi connectivity index (χ0) is 13.3. The van der Waals surface area contributed by atoms with Crippen LogP contribution in [0.5, 0.6) is 0 Å². The van der Waals surface area contributed by atoms with Crippen molar-refractivity contribution in [3.05, 3.63) is 29.6 Å². The number of hydrogen-bond donors (Lipinski definition) is 1. The van der Waals surface area contributed by atoms with E-state index < -0.39 is 22.4 Å². The van der Waals surface area contributed by atoms with Crippen LogP contribution >= 0.6 is 0 Å². The van der Waals surface area contributed by atoms with Gasteiger partial charge in [0.25, 0.3) is 0 Å². The molecule has 1 aromatic rings. The minimum absolute atomic E-state index is 0.00177. The van der Waals surface area contributed by atoms with E-state index in [9.17, 15) is 12.8 Å². The molecule has 4 nitrogen and oxygen atoms in total. The number of aliphatic hydroxyl groups excluding tert-OH is 1. The third kappa shape index (κ3) is 2.28. The van der Waals surface area contributed by atoms with Gasteiger partial charge in [0.05, 0.1) is 11.5 Å². The van der Waals surface area contributed by atoms with E-state index in [2.05, 4.69) is 0 Å². The smallest absolute Gasteiger partial charge is 0.243 e. The maximum Gasteiger partial charge on any atom is 0.243 e. The van der Waals surface area contributed by atoms with E-state index in [0.717, 1.165) is 25.3 Å². The lowest BCUT2D eigenvalue weighted by atomic mass is 9.94. The summed E-state index contributed by atoms with van der Waals surface area (Å²) in [6.45, 7) is -0.512. The molecule has 6 heteroatoms. The van der Waals surface area contributed by atoms with Gasteiger partial charge in [-0.25, -0.2) is 12.8 Å². The van der Waals surface area contributed by atoms with Crippen LogP contribution < -0.4 is 0 Å². The highest BCUT2D eigenvalue weighted by Crippen LogP contribution is 2.29. The molecule has 1 aliphatic rings. The molecule has 1 saturated carbocycles. The van der Waals surface area contributed by atoms with Crippen LogP contribution in [0.2, 0.25) is 0 Å². The van der Waals surface area contributed by atoms with Crippen molar-refractivity contribution < 1.29 is 17.9 Å². The van der Waals surface area contributed by atoms with Crippen LogP contribution in [-0.4, -0.2) is 30.9 Å². The molecule has 0 radical (unpaired) electrons. The minimum atomic E-state index is -3.59. The molecule has 0 heterocycles. The fourth-order valence-electron chi connectivity index (χ4n) is 1.95. The van der Waals surface area contributed by atoms with Crippen LogP contribution in [0, 0.1) is 5.82 Å². The molecule has 1 aromatic carbocycles. The Morgan fingerprint density at radius 2 is 2.11 bits per heavy atom. The molecular weight excluding hydrogens is 257 g/mol. The van der Waals surface area contributed by atoms with Gasteiger partial charge < -0.3 is 5.11 Å². The van der Waals surface area contributed by atoms with Crippen LogP contribution in [0.4, 0.5) is 4.39 Å². The van der Waals surface area contributed by atoms with Crippen LogP contribution in [0.15, 0.2) is 23.1 Å². The van der Waals surface area contributed by atoms with Crippen molar-refractivity contribution in [2.75, 3.05) is 7.05 Å². The predicted molar refractivity (Wildman–Crippen MR) is 64.9 cm³/mol. The summed E-state index contributed by atoms with van der Waals surface area (Å²) in [6, 6.07) is 3.55. The predicted octanol–water partition coefficient (Wildman–Crippen LogP) is 1.49. The fraction of sp³-hybridized carbons (Fsp3) is 0.500. The van der Waals surface area contributed by atoms with Gasteiger partial charge in [0, 0.05) is 18.7 Å². The third-order valence-corrected chi connectivity index (χ3v) is 5.36. The van der Waals surface area contributed by atoms with Crippen molar-refractivity contribution in [3.63, 3.8) is 0 Å². The summed E-state index contributed by atoms with van der Waals surface area (Å²) in [5.74, 6) is -0.595. The molecule has 0 amide bonds. The van der Waals surface area contributed by atoms with Crippen molar-refractivity contribution in [2.45, 2.75) is 36.8 Å². The zero-order valence-corrected chi connectivity index (χ0v) is 11.0. The van der Waals surface area contributed by atoms with E-state index in [0.29, 0.717) is 0 Å². The maximum absolute atomic E-state index is 13.2. The minimum Gasteiger partial charge on any atom is -0.392 e. The Bertz CT molecular complexity index is 540. The van der Waals surface area contributed by atoms with Gasteiger partial charge in [0.2, 0.25) is 10.0 Å². The largest absolute Gasteiger partial charge is 0.392 e. The van der Waals surface area contributed by atoms with Crippen molar-refractivity contribution in [3.8, 4) is 0 Å². The van der Waals surface area contributed by atoms with E-state index in [1.54, 1.807) is 7.05 Å². The van der Waals surface area contributed by atoms with E-state index in [4.69, 9.17) is 5.11 Å². The first-order chi connectivity index (χ1) is 8.46. The summed E-state index contributed by atoms with van der Waals surface area (Å²) < 4.78 is 39.1. The molecule has 1 aliphatic carbocycles. The van der Waals surface area contributed by atoms with Crippen molar-refractivity contribution in [1.82, 2.24) is 4.31 Å². The zero-order valence-electron chi connectivity index (χ0n) is 10.1. The number of sulfonamides is 1. The fourth-order valence-corrected chi connectivity index (χ4v) is 3.41. The van der Waals surface area contributed by atoms with Crippen LogP contribution in [0.25, 0.3) is 0 Å². The normalized spacial score (nSPS) is 16.9. The monoisotopic (exact) mass is 273 g/mol. The van der Waals surface area contributed by atoms with Crippen LogP contribution in [0.3, 0.4) is 0 Å². The standard InChI is InChI=1S/C12H16FNO3S/c1-14(10-3-2-4-10)18(16,17)11-5-6-12(13)9(7-11)8-15/h5-7,10,15H,2-4,8H2,1H3. The van der Waals surface area contributed by atoms with Gasteiger partial charge in [0.15, 0.2) is 0 Å². The first-order valence-electron chi connectivity index (χ1n) is 5.84. The van der Waals surface area contributed by atoms with E-state index in [1.807, 2.05) is 0 Å². The summed E-state index contributed by atoms with van der Waals surface area (Å²) in [7, 11) is -2.05. The van der Waals surface area contributed by atoms with E-state index in [-0.39, 0.29) is 16.5 Å². The highest BCUT2D eigenvalue weighted by Gasteiger charge is 2.31. The molecule has 1 N–H and O–H groups in total. The van der Waals surface area contributed by atoms with Gasteiger partial charge in [-0.2, -0.15) is 4.31 Å². The van der Waals surface area contributed by atoms with Gasteiger partial charge in [-0.15, -0.1) is 0 Å². The van der Waals surface area contributed by atoms with Crippen molar-refractivity contribution >= 4 is 10.0 Å². The number of hydrogen-bond acceptors (Lipinski definition) is 3. The van der Waals surface area contributed by atoms with Crippen molar-refractivity contribution in [2.24, 2.45) is 0 Å². The SMILES string of the molecule is CN(C1CCC1)S(=O)(=O)c1ccc(F)c(CO)c1. The Balaban J connectivity index is 2.34. The molecular formula is C12H16FNO3S. The molecule has 18 heavy (non-hydrogen) atoms. The second-order valence-electron chi connectivity index (χ2n) is 4.52. The molecule has 0 bridgehead atoms. The number of benzene rings is 1. The van der Waals surface area contributed by atoms with E-state index >= 15 is 0 Å². The molecule has 1 fully saturated rings. The molecule has 0 spiro atoms. The summed E-state index contributed by atoms with van der Waals surface area (Å²) in [4.78, 5) is 0.0300. The molecule has 0 saturated heterocycles. The second kappa shape index (κ2) is 4.95. The molecule has 0 unspecified atom stereocenters. The summed E-state index contributed by atoms with van der Waals surface area (Å²) >= 11 is 0. The van der Waals surface area contributed by atoms with Gasteiger partial charge in [-0.05, 0) is 31.0 Å². The number of nitrogens with zero attached hydrogens (tertiary/aromatic N) is 1. The number of aliphatic hydroxyl groups is 1.